The zero-order valence-corrected chi connectivity index (χ0v) is 12.4. The Kier molecular flexibility index (Phi) is 2.78. The third-order valence-electron chi connectivity index (χ3n) is 3.69. The Morgan fingerprint density at radius 3 is 2.20 bits per heavy atom. The first-order chi connectivity index (χ1) is 9.45. The lowest BCUT2D eigenvalue weighted by atomic mass is 9.98. The molecule has 0 amide bonds. The van der Waals surface area contributed by atoms with E-state index in [1.807, 2.05) is 23.6 Å². The molecule has 3 heteroatoms. The predicted molar refractivity (Wildman–Crippen MR) is 84.0 cm³/mol. The van der Waals surface area contributed by atoms with Crippen LogP contribution in [-0.4, -0.2) is 9.38 Å². The molecule has 0 atom stereocenters. The highest BCUT2D eigenvalue weighted by Crippen LogP contribution is 2.28. The molecule has 0 aliphatic heterocycles. The first-order valence-electron chi connectivity index (χ1n) is 6.79. The standard InChI is InChI=1S/C17H19N3/c1-10-5-11(2)16(12(3)6-10)15-9-20-8-14(18)7-13(4)17(20)19-15/h5-9H,18H2,1-4H3. The summed E-state index contributed by atoms with van der Waals surface area (Å²) in [5.74, 6) is 0. The number of hydrogen-bond donors (Lipinski definition) is 1. The Hall–Kier alpha value is -2.29. The maximum Gasteiger partial charge on any atom is 0.140 e. The summed E-state index contributed by atoms with van der Waals surface area (Å²) in [5, 5.41) is 0. The molecule has 0 aliphatic carbocycles. The fourth-order valence-electron chi connectivity index (χ4n) is 3.00. The molecule has 0 fully saturated rings. The van der Waals surface area contributed by atoms with Crippen molar-refractivity contribution in [3.8, 4) is 11.3 Å². The third kappa shape index (κ3) is 1.95. The van der Waals surface area contributed by atoms with Crippen molar-refractivity contribution in [3.05, 3.63) is 52.8 Å². The largest absolute Gasteiger partial charge is 0.398 e. The summed E-state index contributed by atoms with van der Waals surface area (Å²) in [6, 6.07) is 6.36. The molecule has 0 unspecified atom stereocenters. The molecule has 2 N–H and O–H groups in total. The average Bonchev–Trinajstić information content (AvgIpc) is 2.71. The van der Waals surface area contributed by atoms with E-state index >= 15 is 0 Å². The Bertz CT molecular complexity index is 789. The molecule has 20 heavy (non-hydrogen) atoms. The molecule has 0 aliphatic rings. The van der Waals surface area contributed by atoms with Crippen molar-refractivity contribution in [2.75, 3.05) is 5.73 Å². The zero-order valence-electron chi connectivity index (χ0n) is 12.4. The predicted octanol–water partition coefficient (Wildman–Crippen LogP) is 3.82. The van der Waals surface area contributed by atoms with Gasteiger partial charge >= 0.3 is 0 Å². The van der Waals surface area contributed by atoms with Crippen LogP contribution in [0.15, 0.2) is 30.6 Å². The maximum atomic E-state index is 5.90. The van der Waals surface area contributed by atoms with Gasteiger partial charge in [0.1, 0.15) is 5.65 Å². The minimum absolute atomic E-state index is 0.760. The number of benzene rings is 1. The monoisotopic (exact) mass is 265 g/mol. The van der Waals surface area contributed by atoms with E-state index < -0.39 is 0 Å². The van der Waals surface area contributed by atoms with Crippen molar-refractivity contribution in [3.63, 3.8) is 0 Å². The van der Waals surface area contributed by atoms with Gasteiger partial charge in [-0.15, -0.1) is 0 Å². The van der Waals surface area contributed by atoms with Gasteiger partial charge in [0.15, 0.2) is 0 Å². The Balaban J connectivity index is 2.28. The highest BCUT2D eigenvalue weighted by Gasteiger charge is 2.12. The van der Waals surface area contributed by atoms with Gasteiger partial charge < -0.3 is 10.1 Å². The first kappa shape index (κ1) is 12.7. The van der Waals surface area contributed by atoms with Gasteiger partial charge in [0.2, 0.25) is 0 Å². The Morgan fingerprint density at radius 2 is 1.55 bits per heavy atom. The molecule has 0 spiro atoms. The molecular formula is C17H19N3. The van der Waals surface area contributed by atoms with Crippen LogP contribution in [0.3, 0.4) is 0 Å². The number of aromatic nitrogens is 2. The van der Waals surface area contributed by atoms with Gasteiger partial charge in [0.25, 0.3) is 0 Å². The van der Waals surface area contributed by atoms with Gasteiger partial charge in [-0.3, -0.25) is 0 Å². The lowest BCUT2D eigenvalue weighted by molar-refractivity contribution is 1.17. The maximum absolute atomic E-state index is 5.90. The molecule has 3 aromatic rings. The molecule has 1 aromatic carbocycles. The van der Waals surface area contributed by atoms with Gasteiger partial charge in [0.05, 0.1) is 5.69 Å². The third-order valence-corrected chi connectivity index (χ3v) is 3.69. The van der Waals surface area contributed by atoms with Crippen molar-refractivity contribution in [1.82, 2.24) is 9.38 Å². The van der Waals surface area contributed by atoms with Gasteiger partial charge in [0, 0.05) is 23.6 Å². The number of fused-ring (bicyclic) bond motifs is 1. The summed E-state index contributed by atoms with van der Waals surface area (Å²) in [6.07, 6.45) is 3.97. The topological polar surface area (TPSA) is 43.3 Å². The molecule has 102 valence electrons. The van der Waals surface area contributed by atoms with Gasteiger partial charge in [-0.1, -0.05) is 17.7 Å². The highest BCUT2D eigenvalue weighted by molar-refractivity contribution is 5.71. The average molecular weight is 265 g/mol. The van der Waals surface area contributed by atoms with E-state index in [4.69, 9.17) is 10.7 Å². The van der Waals surface area contributed by atoms with Crippen molar-refractivity contribution in [1.29, 1.82) is 0 Å². The van der Waals surface area contributed by atoms with Crippen LogP contribution in [0.2, 0.25) is 0 Å². The van der Waals surface area contributed by atoms with Crippen LogP contribution >= 0.6 is 0 Å². The number of anilines is 1. The lowest BCUT2D eigenvalue weighted by Crippen LogP contribution is -1.92. The molecule has 3 nitrogen and oxygen atoms in total. The molecule has 2 heterocycles. The molecule has 0 bridgehead atoms. The van der Waals surface area contributed by atoms with Crippen LogP contribution in [0, 0.1) is 27.7 Å². The van der Waals surface area contributed by atoms with Crippen molar-refractivity contribution < 1.29 is 0 Å². The minimum Gasteiger partial charge on any atom is -0.398 e. The summed E-state index contributed by atoms with van der Waals surface area (Å²) >= 11 is 0. The van der Waals surface area contributed by atoms with E-state index in [2.05, 4.69) is 39.1 Å². The lowest BCUT2D eigenvalue weighted by Gasteiger charge is -2.08. The van der Waals surface area contributed by atoms with E-state index in [-0.39, 0.29) is 0 Å². The smallest absolute Gasteiger partial charge is 0.140 e. The number of hydrogen-bond acceptors (Lipinski definition) is 2. The number of imidazole rings is 1. The molecular weight excluding hydrogens is 246 g/mol. The zero-order chi connectivity index (χ0) is 14.4. The van der Waals surface area contributed by atoms with Crippen molar-refractivity contribution >= 4 is 11.3 Å². The number of nitrogens with two attached hydrogens (primary N) is 1. The Labute approximate surface area is 119 Å². The fourth-order valence-corrected chi connectivity index (χ4v) is 3.00. The van der Waals surface area contributed by atoms with Gasteiger partial charge in [-0.2, -0.15) is 0 Å². The molecule has 0 radical (unpaired) electrons. The van der Waals surface area contributed by atoms with E-state index in [1.165, 1.54) is 22.3 Å². The second-order valence-electron chi connectivity index (χ2n) is 5.59. The van der Waals surface area contributed by atoms with Gasteiger partial charge in [-0.25, -0.2) is 4.98 Å². The summed E-state index contributed by atoms with van der Waals surface area (Å²) in [5.41, 5.74) is 14.8. The molecule has 0 saturated carbocycles. The summed E-state index contributed by atoms with van der Waals surface area (Å²) < 4.78 is 2.01. The minimum atomic E-state index is 0.760. The number of pyridine rings is 1. The first-order valence-corrected chi connectivity index (χ1v) is 6.79. The summed E-state index contributed by atoms with van der Waals surface area (Å²) in [4.78, 5) is 4.78. The number of nitrogens with zero attached hydrogens (tertiary/aromatic N) is 2. The van der Waals surface area contributed by atoms with Crippen LogP contribution in [0.5, 0.6) is 0 Å². The van der Waals surface area contributed by atoms with Crippen molar-refractivity contribution in [2.24, 2.45) is 0 Å². The summed E-state index contributed by atoms with van der Waals surface area (Å²) in [6.45, 7) is 8.44. The number of rotatable bonds is 1. The normalized spacial score (nSPS) is 11.2. The van der Waals surface area contributed by atoms with Crippen molar-refractivity contribution in [2.45, 2.75) is 27.7 Å². The van der Waals surface area contributed by atoms with Gasteiger partial charge in [-0.05, 0) is 50.5 Å². The van der Waals surface area contributed by atoms with E-state index in [9.17, 15) is 0 Å². The second kappa shape index (κ2) is 4.37. The Morgan fingerprint density at radius 1 is 0.900 bits per heavy atom. The molecule has 2 aromatic heterocycles. The van der Waals surface area contributed by atoms with E-state index in [0.717, 1.165) is 22.6 Å². The fraction of sp³-hybridized carbons (Fsp3) is 0.235. The molecule has 3 rings (SSSR count). The van der Waals surface area contributed by atoms with E-state index in [1.54, 1.807) is 0 Å². The SMILES string of the molecule is Cc1cc(C)c(-c2cn3cc(N)cc(C)c3n2)c(C)c1. The quantitative estimate of drug-likeness (QED) is 0.727. The van der Waals surface area contributed by atoms with E-state index in [0.29, 0.717) is 0 Å². The molecule has 0 saturated heterocycles. The summed E-state index contributed by atoms with van der Waals surface area (Å²) in [7, 11) is 0. The number of nitrogen functional groups attached to an aromatic ring is 1. The van der Waals surface area contributed by atoms with Crippen LogP contribution < -0.4 is 5.73 Å². The van der Waals surface area contributed by atoms with Crippen LogP contribution in [-0.2, 0) is 0 Å². The second-order valence-corrected chi connectivity index (χ2v) is 5.59. The number of aryl methyl sites for hydroxylation is 4. The highest BCUT2D eigenvalue weighted by atomic mass is 15.0. The van der Waals surface area contributed by atoms with Crippen LogP contribution in [0.4, 0.5) is 5.69 Å². The van der Waals surface area contributed by atoms with Crippen LogP contribution in [0.25, 0.3) is 16.9 Å². The van der Waals surface area contributed by atoms with Crippen LogP contribution in [0.1, 0.15) is 22.3 Å².